The average molecular weight is 476 g/mol. The van der Waals surface area contributed by atoms with Crippen molar-refractivity contribution in [3.05, 3.63) is 57.5 Å². The summed E-state index contributed by atoms with van der Waals surface area (Å²) in [5.41, 5.74) is 1.83. The first-order valence-electron chi connectivity index (χ1n) is 11.2. The zero-order valence-corrected chi connectivity index (χ0v) is 19.4. The van der Waals surface area contributed by atoms with Gasteiger partial charge in [0.1, 0.15) is 12.1 Å². The van der Waals surface area contributed by atoms with Gasteiger partial charge in [-0.25, -0.2) is 14.8 Å². The number of H-pyrrole nitrogens is 1. The summed E-state index contributed by atoms with van der Waals surface area (Å²) in [4.78, 5) is 55.6. The van der Waals surface area contributed by atoms with E-state index in [4.69, 9.17) is 14.5 Å². The molecule has 35 heavy (non-hydrogen) atoms. The molecule has 0 radical (unpaired) electrons. The molecule has 5 heterocycles. The minimum atomic E-state index is -0.512. The van der Waals surface area contributed by atoms with E-state index >= 15 is 0 Å². The number of amides is 1. The average Bonchev–Trinajstić information content (AvgIpc) is 2.89. The third-order valence-electron chi connectivity index (χ3n) is 6.30. The van der Waals surface area contributed by atoms with Gasteiger partial charge in [0.25, 0.3) is 5.56 Å². The van der Waals surface area contributed by atoms with E-state index in [0.717, 1.165) is 5.56 Å². The Bertz CT molecular complexity index is 1520. The highest BCUT2D eigenvalue weighted by Gasteiger charge is 2.27. The van der Waals surface area contributed by atoms with E-state index in [-0.39, 0.29) is 23.9 Å². The van der Waals surface area contributed by atoms with Crippen molar-refractivity contribution in [2.24, 2.45) is 0 Å². The molecule has 1 amide bonds. The Kier molecular flexibility index (Phi) is 6.00. The maximum Gasteiger partial charge on any atom is 0.329 e. The number of aromatic nitrogens is 5. The Morgan fingerprint density at radius 3 is 2.57 bits per heavy atom. The van der Waals surface area contributed by atoms with Crippen molar-refractivity contribution in [1.29, 1.82) is 0 Å². The number of ether oxygens (including phenoxy) is 2. The van der Waals surface area contributed by atoms with Crippen molar-refractivity contribution in [3.8, 4) is 17.1 Å². The van der Waals surface area contributed by atoms with Gasteiger partial charge < -0.3 is 14.4 Å². The third-order valence-corrected chi connectivity index (χ3v) is 6.30. The van der Waals surface area contributed by atoms with Crippen LogP contribution in [0.15, 0.2) is 46.2 Å². The maximum absolute atomic E-state index is 13.1. The first-order chi connectivity index (χ1) is 17.0. The summed E-state index contributed by atoms with van der Waals surface area (Å²) in [6.07, 6.45) is 4.24. The van der Waals surface area contributed by atoms with Crippen LogP contribution in [-0.4, -0.2) is 69.2 Å². The third kappa shape index (κ3) is 4.14. The van der Waals surface area contributed by atoms with E-state index in [1.807, 2.05) is 18.2 Å². The first-order valence-corrected chi connectivity index (χ1v) is 11.2. The lowest BCUT2D eigenvalue weighted by molar-refractivity contribution is -0.136. The molecule has 11 heteroatoms. The Labute approximate surface area is 199 Å². The van der Waals surface area contributed by atoms with Crippen LogP contribution in [0.1, 0.15) is 18.9 Å². The fraction of sp³-hybridized carbons (Fsp3) is 0.333. The van der Waals surface area contributed by atoms with E-state index < -0.39 is 11.2 Å². The van der Waals surface area contributed by atoms with Gasteiger partial charge in [-0.1, -0.05) is 0 Å². The molecule has 11 nitrogen and oxygen atoms in total. The molecule has 1 aliphatic rings. The summed E-state index contributed by atoms with van der Waals surface area (Å²) >= 11 is 0. The van der Waals surface area contributed by atoms with Gasteiger partial charge in [0.2, 0.25) is 11.8 Å². The van der Waals surface area contributed by atoms with Crippen molar-refractivity contribution >= 4 is 27.8 Å². The summed E-state index contributed by atoms with van der Waals surface area (Å²) in [6.45, 7) is 0.994. The van der Waals surface area contributed by atoms with Crippen LogP contribution >= 0.6 is 0 Å². The van der Waals surface area contributed by atoms with Gasteiger partial charge in [0, 0.05) is 50.3 Å². The number of carbonyl (C=O) groups excluding carboxylic acids is 1. The van der Waals surface area contributed by atoms with Crippen LogP contribution in [0, 0.1) is 0 Å². The molecule has 5 rings (SSSR count). The molecule has 1 N–H and O–H groups in total. The number of fused-ring (bicyclic) bond motifs is 3. The SMILES string of the molecule is COCC(=O)N1CCC(n2c(=O)[nH]c(=O)c3cnc4ccc(-c5ccc(OC)nc5)nc4c32)CC1. The second-order valence-electron chi connectivity index (χ2n) is 8.35. The van der Waals surface area contributed by atoms with Gasteiger partial charge >= 0.3 is 5.69 Å². The molecule has 1 saturated heterocycles. The van der Waals surface area contributed by atoms with Crippen LogP contribution in [0.25, 0.3) is 33.2 Å². The molecule has 180 valence electrons. The fourth-order valence-corrected chi connectivity index (χ4v) is 4.54. The molecule has 0 spiro atoms. The van der Waals surface area contributed by atoms with Crippen molar-refractivity contribution in [2.45, 2.75) is 18.9 Å². The number of hydrogen-bond donors (Lipinski definition) is 1. The molecule has 0 unspecified atom stereocenters. The summed E-state index contributed by atoms with van der Waals surface area (Å²) in [5.74, 6) is 0.399. The maximum atomic E-state index is 13.1. The predicted molar refractivity (Wildman–Crippen MR) is 128 cm³/mol. The number of rotatable bonds is 5. The molecule has 4 aromatic heterocycles. The lowest BCUT2D eigenvalue weighted by Gasteiger charge is -2.33. The number of pyridine rings is 3. The number of methoxy groups -OCH3 is 2. The molecule has 0 aromatic carbocycles. The van der Waals surface area contributed by atoms with Crippen molar-refractivity contribution in [1.82, 2.24) is 29.4 Å². The van der Waals surface area contributed by atoms with Crippen LogP contribution in [0.5, 0.6) is 5.88 Å². The van der Waals surface area contributed by atoms with E-state index in [0.29, 0.717) is 54.1 Å². The van der Waals surface area contributed by atoms with Crippen LogP contribution in [0.2, 0.25) is 0 Å². The quantitative estimate of drug-likeness (QED) is 0.429. The largest absolute Gasteiger partial charge is 0.481 e. The van der Waals surface area contributed by atoms with Gasteiger partial charge in [-0.2, -0.15) is 0 Å². The van der Waals surface area contributed by atoms with Crippen LogP contribution in [-0.2, 0) is 9.53 Å². The molecule has 0 bridgehead atoms. The lowest BCUT2D eigenvalue weighted by atomic mass is 10.0. The Balaban J connectivity index is 1.63. The molecular weight excluding hydrogens is 452 g/mol. The summed E-state index contributed by atoms with van der Waals surface area (Å²) in [7, 11) is 3.03. The zero-order chi connectivity index (χ0) is 24.5. The summed E-state index contributed by atoms with van der Waals surface area (Å²) < 4.78 is 11.7. The van der Waals surface area contributed by atoms with Crippen LogP contribution in [0.4, 0.5) is 0 Å². The van der Waals surface area contributed by atoms with Crippen molar-refractivity contribution in [2.75, 3.05) is 33.9 Å². The van der Waals surface area contributed by atoms with E-state index in [9.17, 15) is 14.4 Å². The number of likely N-dealkylation sites (tertiary alicyclic amines) is 1. The van der Waals surface area contributed by atoms with Gasteiger partial charge in [-0.3, -0.25) is 24.1 Å². The fourth-order valence-electron chi connectivity index (χ4n) is 4.54. The van der Waals surface area contributed by atoms with Gasteiger partial charge in [0.05, 0.1) is 29.2 Å². The monoisotopic (exact) mass is 476 g/mol. The number of nitrogens with zero attached hydrogens (tertiary/aromatic N) is 5. The number of aromatic amines is 1. The Morgan fingerprint density at radius 1 is 1.09 bits per heavy atom. The highest BCUT2D eigenvalue weighted by molar-refractivity contribution is 6.01. The first kappa shape index (κ1) is 22.7. The van der Waals surface area contributed by atoms with E-state index in [1.54, 1.807) is 28.8 Å². The van der Waals surface area contributed by atoms with Crippen molar-refractivity contribution in [3.63, 3.8) is 0 Å². The molecule has 0 aliphatic carbocycles. The lowest BCUT2D eigenvalue weighted by Crippen LogP contribution is -2.43. The molecular formula is C24H24N6O5. The minimum absolute atomic E-state index is 0.0232. The topological polar surface area (TPSA) is 132 Å². The zero-order valence-electron chi connectivity index (χ0n) is 19.4. The molecule has 1 fully saturated rings. The second kappa shape index (κ2) is 9.26. The van der Waals surface area contributed by atoms with Gasteiger partial charge in [-0.05, 0) is 31.0 Å². The summed E-state index contributed by atoms with van der Waals surface area (Å²) in [5, 5.41) is 0.285. The summed E-state index contributed by atoms with van der Waals surface area (Å²) in [6, 6.07) is 6.99. The van der Waals surface area contributed by atoms with Crippen LogP contribution < -0.4 is 16.0 Å². The highest BCUT2D eigenvalue weighted by atomic mass is 16.5. The number of carbonyl (C=O) groups is 1. The normalized spacial score (nSPS) is 14.5. The molecule has 4 aromatic rings. The smallest absolute Gasteiger partial charge is 0.329 e. The standard InChI is InChI=1S/C24H24N6O5/c1-34-13-20(31)29-9-7-15(8-10-29)30-22-16(23(32)28-24(30)33)12-25-18-5-4-17(27-21(18)22)14-3-6-19(35-2)26-11-14/h3-6,11-12,15H,7-10,13H2,1-2H3,(H,28,32,33). The number of nitrogens with one attached hydrogen (secondary N) is 1. The molecule has 0 saturated carbocycles. The predicted octanol–water partition coefficient (Wildman–Crippen LogP) is 1.51. The van der Waals surface area contributed by atoms with Gasteiger partial charge in [-0.15, -0.1) is 0 Å². The van der Waals surface area contributed by atoms with Crippen LogP contribution in [0.3, 0.4) is 0 Å². The molecule has 0 atom stereocenters. The van der Waals surface area contributed by atoms with Gasteiger partial charge in [0.15, 0.2) is 0 Å². The number of hydrogen-bond acceptors (Lipinski definition) is 8. The Hall–Kier alpha value is -4.12. The molecule has 1 aliphatic heterocycles. The Morgan fingerprint density at radius 2 is 1.89 bits per heavy atom. The minimum Gasteiger partial charge on any atom is -0.481 e. The number of piperidine rings is 1. The highest BCUT2D eigenvalue weighted by Crippen LogP contribution is 2.29. The second-order valence-corrected chi connectivity index (χ2v) is 8.35. The van der Waals surface area contributed by atoms with Crippen molar-refractivity contribution < 1.29 is 14.3 Å². The van der Waals surface area contributed by atoms with E-state index in [2.05, 4.69) is 15.0 Å². The van der Waals surface area contributed by atoms with E-state index in [1.165, 1.54) is 13.3 Å².